The average molecular weight is 151 g/mol. The molecule has 4 nitrogen and oxygen atoms in total. The predicted octanol–water partition coefficient (Wildman–Crippen LogP) is 0.125. The van der Waals surface area contributed by atoms with Crippen molar-refractivity contribution >= 4 is 0 Å². The minimum atomic E-state index is 0.353. The molecule has 11 heavy (non-hydrogen) atoms. The molecule has 2 aliphatic heterocycles. The molecule has 0 aromatic carbocycles. The molecule has 2 aliphatic rings. The van der Waals surface area contributed by atoms with E-state index in [2.05, 4.69) is 15.5 Å². The number of hydrogen-bond donors (Lipinski definition) is 2. The van der Waals surface area contributed by atoms with E-state index in [1.807, 2.05) is 6.20 Å². The maximum atomic E-state index is 5.39. The van der Waals surface area contributed by atoms with Gasteiger partial charge in [0.1, 0.15) is 0 Å². The van der Waals surface area contributed by atoms with Crippen molar-refractivity contribution in [2.24, 2.45) is 0 Å². The first-order valence-electron chi connectivity index (χ1n) is 3.82. The number of aromatic nitrogens is 2. The van der Waals surface area contributed by atoms with Gasteiger partial charge in [-0.25, -0.2) is 0 Å². The van der Waals surface area contributed by atoms with Crippen LogP contribution in [0.5, 0.6) is 0 Å². The van der Waals surface area contributed by atoms with Gasteiger partial charge in [-0.3, -0.25) is 10.4 Å². The van der Waals surface area contributed by atoms with Crippen molar-refractivity contribution in [1.29, 1.82) is 0 Å². The van der Waals surface area contributed by atoms with Crippen LogP contribution in [0.2, 0.25) is 0 Å². The Morgan fingerprint density at radius 2 is 2.36 bits per heavy atom. The first kappa shape index (κ1) is 5.74. The van der Waals surface area contributed by atoms with Gasteiger partial charge >= 0.3 is 0 Å². The molecule has 3 heterocycles. The topological polar surface area (TPSA) is 49.9 Å². The lowest BCUT2D eigenvalue weighted by Crippen LogP contribution is -2.31. The summed E-state index contributed by atoms with van der Waals surface area (Å²) in [6, 6.07) is 0.730. The third-order valence-corrected chi connectivity index (χ3v) is 2.39. The van der Waals surface area contributed by atoms with E-state index in [1.54, 1.807) is 0 Å². The molecule has 0 spiro atoms. The fraction of sp³-hybridized carbons (Fsp3) is 0.571. The summed E-state index contributed by atoms with van der Waals surface area (Å²) >= 11 is 0. The fourth-order valence-electron chi connectivity index (χ4n) is 1.85. The van der Waals surface area contributed by atoms with Gasteiger partial charge in [0.2, 0.25) is 0 Å². The van der Waals surface area contributed by atoms with Gasteiger partial charge < -0.3 is 4.74 Å². The number of fused-ring (bicyclic) bond motifs is 5. The van der Waals surface area contributed by atoms with E-state index in [9.17, 15) is 0 Å². The maximum absolute atomic E-state index is 5.39. The number of H-pyrrole nitrogens is 1. The van der Waals surface area contributed by atoms with Crippen LogP contribution in [0, 0.1) is 0 Å². The summed E-state index contributed by atoms with van der Waals surface area (Å²) in [5.74, 6) is 0. The largest absolute Gasteiger partial charge is 0.377 e. The van der Waals surface area contributed by atoms with Crippen molar-refractivity contribution in [1.82, 2.24) is 15.5 Å². The van der Waals surface area contributed by atoms with Crippen LogP contribution in [0.1, 0.15) is 23.3 Å². The van der Waals surface area contributed by atoms with E-state index in [1.165, 1.54) is 11.3 Å². The van der Waals surface area contributed by atoms with E-state index < -0.39 is 0 Å². The number of ether oxygens (including phenoxy) is 1. The molecular formula is C7H9N3O. The Bertz CT molecular complexity index is 258. The SMILES string of the molecule is c1n[nH]c2c1C1COCC2N1. The quantitative estimate of drug-likeness (QED) is 0.554. The molecule has 0 amide bonds. The van der Waals surface area contributed by atoms with E-state index in [0.29, 0.717) is 12.1 Å². The van der Waals surface area contributed by atoms with Crippen molar-refractivity contribution in [2.45, 2.75) is 12.1 Å². The number of hydrogen-bond acceptors (Lipinski definition) is 3. The second-order valence-electron chi connectivity index (χ2n) is 3.05. The summed E-state index contributed by atoms with van der Waals surface area (Å²) in [7, 11) is 0. The number of rotatable bonds is 0. The van der Waals surface area contributed by atoms with Gasteiger partial charge in [0.15, 0.2) is 0 Å². The van der Waals surface area contributed by atoms with Crippen LogP contribution in [-0.4, -0.2) is 23.4 Å². The summed E-state index contributed by atoms with van der Waals surface area (Å²) in [6.45, 7) is 1.55. The maximum Gasteiger partial charge on any atom is 0.0735 e. The molecule has 3 rings (SSSR count). The highest BCUT2D eigenvalue weighted by Gasteiger charge is 2.35. The average Bonchev–Trinajstić information content (AvgIpc) is 2.58. The molecule has 1 aromatic heterocycles. The first-order chi connectivity index (χ1) is 5.45. The molecule has 58 valence electrons. The van der Waals surface area contributed by atoms with Crippen molar-refractivity contribution in [3.63, 3.8) is 0 Å². The Labute approximate surface area is 63.9 Å². The molecule has 1 aromatic rings. The Kier molecular flexibility index (Phi) is 0.958. The number of aromatic amines is 1. The third-order valence-electron chi connectivity index (χ3n) is 2.39. The normalized spacial score (nSPS) is 33.8. The van der Waals surface area contributed by atoms with E-state index in [-0.39, 0.29) is 0 Å². The number of nitrogens with one attached hydrogen (secondary N) is 2. The van der Waals surface area contributed by atoms with Crippen LogP contribution in [0.15, 0.2) is 6.20 Å². The summed E-state index contributed by atoms with van der Waals surface area (Å²) in [6.07, 6.45) is 1.89. The summed E-state index contributed by atoms with van der Waals surface area (Å²) in [4.78, 5) is 0. The molecule has 0 aliphatic carbocycles. The van der Waals surface area contributed by atoms with Crippen LogP contribution < -0.4 is 5.32 Å². The molecule has 2 atom stereocenters. The van der Waals surface area contributed by atoms with Crippen molar-refractivity contribution in [3.05, 3.63) is 17.5 Å². The molecule has 2 unspecified atom stereocenters. The Morgan fingerprint density at radius 1 is 1.45 bits per heavy atom. The van der Waals surface area contributed by atoms with Crippen molar-refractivity contribution in [2.75, 3.05) is 13.2 Å². The van der Waals surface area contributed by atoms with Crippen LogP contribution in [0.4, 0.5) is 0 Å². The molecule has 2 bridgehead atoms. The number of nitrogens with zero attached hydrogens (tertiary/aromatic N) is 1. The lowest BCUT2D eigenvalue weighted by atomic mass is 10.2. The Hall–Kier alpha value is -0.870. The number of morpholine rings is 1. The highest BCUT2D eigenvalue weighted by Crippen LogP contribution is 2.34. The minimum absolute atomic E-state index is 0.353. The van der Waals surface area contributed by atoms with Gasteiger partial charge in [-0.15, -0.1) is 0 Å². The molecular weight excluding hydrogens is 142 g/mol. The zero-order valence-electron chi connectivity index (χ0n) is 6.00. The predicted molar refractivity (Wildman–Crippen MR) is 38.0 cm³/mol. The van der Waals surface area contributed by atoms with E-state index in [4.69, 9.17) is 4.74 Å². The molecule has 1 fully saturated rings. The Morgan fingerprint density at radius 3 is 3.36 bits per heavy atom. The lowest BCUT2D eigenvalue weighted by Gasteiger charge is -2.21. The van der Waals surface area contributed by atoms with Gasteiger partial charge in [0.05, 0.1) is 37.2 Å². The van der Waals surface area contributed by atoms with Crippen LogP contribution >= 0.6 is 0 Å². The second kappa shape index (κ2) is 1.84. The van der Waals surface area contributed by atoms with Crippen LogP contribution in [-0.2, 0) is 4.74 Å². The molecule has 0 saturated carbocycles. The summed E-state index contributed by atoms with van der Waals surface area (Å²) in [5.41, 5.74) is 2.50. The van der Waals surface area contributed by atoms with Crippen molar-refractivity contribution < 1.29 is 4.74 Å². The zero-order valence-corrected chi connectivity index (χ0v) is 6.00. The highest BCUT2D eigenvalue weighted by atomic mass is 16.5. The lowest BCUT2D eigenvalue weighted by molar-refractivity contribution is 0.0567. The van der Waals surface area contributed by atoms with Crippen LogP contribution in [0.25, 0.3) is 0 Å². The van der Waals surface area contributed by atoms with Gasteiger partial charge in [0, 0.05) is 5.56 Å². The zero-order chi connectivity index (χ0) is 7.26. The third kappa shape index (κ3) is 0.631. The van der Waals surface area contributed by atoms with Crippen molar-refractivity contribution in [3.8, 4) is 0 Å². The smallest absolute Gasteiger partial charge is 0.0735 e. The van der Waals surface area contributed by atoms with E-state index in [0.717, 1.165) is 13.2 Å². The fourth-order valence-corrected chi connectivity index (χ4v) is 1.85. The Balaban J connectivity index is 2.15. The molecule has 1 saturated heterocycles. The van der Waals surface area contributed by atoms with Gasteiger partial charge in [-0.2, -0.15) is 5.10 Å². The van der Waals surface area contributed by atoms with Crippen LogP contribution in [0.3, 0.4) is 0 Å². The first-order valence-corrected chi connectivity index (χ1v) is 3.82. The van der Waals surface area contributed by atoms with Gasteiger partial charge in [0.25, 0.3) is 0 Å². The standard InChI is InChI=1S/C7H9N3O/c1-4-5-2-11-3-6(9-5)7(4)10-8-1/h1,5-6,9H,2-3H2,(H,8,10). The highest BCUT2D eigenvalue weighted by molar-refractivity contribution is 5.30. The summed E-state index contributed by atoms with van der Waals surface area (Å²) < 4.78 is 5.39. The van der Waals surface area contributed by atoms with Gasteiger partial charge in [-0.05, 0) is 0 Å². The van der Waals surface area contributed by atoms with E-state index >= 15 is 0 Å². The monoisotopic (exact) mass is 151 g/mol. The minimum Gasteiger partial charge on any atom is -0.377 e. The summed E-state index contributed by atoms with van der Waals surface area (Å²) in [5, 5.41) is 10.4. The molecule has 4 heteroatoms. The molecule has 0 radical (unpaired) electrons. The molecule has 2 N–H and O–H groups in total. The second-order valence-corrected chi connectivity index (χ2v) is 3.05. The van der Waals surface area contributed by atoms with Gasteiger partial charge in [-0.1, -0.05) is 0 Å².